The average Bonchev–Trinajstić information content (AvgIpc) is 2.80. The van der Waals surface area contributed by atoms with E-state index < -0.39 is 0 Å². The van der Waals surface area contributed by atoms with E-state index >= 15 is 0 Å². The zero-order valence-corrected chi connectivity index (χ0v) is 20.6. The van der Waals surface area contributed by atoms with Crippen molar-refractivity contribution in [2.45, 2.75) is 117 Å². The summed E-state index contributed by atoms with van der Waals surface area (Å²) in [6, 6.07) is 16.7. The van der Waals surface area contributed by atoms with Crippen LogP contribution in [0.4, 0.5) is 0 Å². The Kier molecular flexibility index (Phi) is 10.2. The third-order valence-corrected chi connectivity index (χ3v) is 7.63. The number of benzene rings is 2. The highest BCUT2D eigenvalue weighted by Gasteiger charge is 2.23. The van der Waals surface area contributed by atoms with Gasteiger partial charge in [0.2, 0.25) is 0 Å². The fraction of sp³-hybridized carbons (Fsp3) is 0.613. The molecule has 0 amide bonds. The summed E-state index contributed by atoms with van der Waals surface area (Å²) in [6.45, 7) is 6.93. The second-order valence-corrected chi connectivity index (χ2v) is 10.2. The highest BCUT2D eigenvalue weighted by Crippen LogP contribution is 2.39. The van der Waals surface area contributed by atoms with E-state index in [9.17, 15) is 0 Å². The number of rotatable bonds is 12. The van der Waals surface area contributed by atoms with Crippen LogP contribution < -0.4 is 0 Å². The molecule has 0 saturated heterocycles. The molecule has 0 nitrogen and oxygen atoms in total. The minimum absolute atomic E-state index is 0.803. The van der Waals surface area contributed by atoms with Gasteiger partial charge < -0.3 is 0 Å². The molecular formula is C31H46. The maximum atomic E-state index is 2.47. The van der Waals surface area contributed by atoms with Gasteiger partial charge in [-0.3, -0.25) is 0 Å². The molecule has 0 heteroatoms. The summed E-state index contributed by atoms with van der Waals surface area (Å²) in [7, 11) is 0. The topological polar surface area (TPSA) is 0 Å². The van der Waals surface area contributed by atoms with Gasteiger partial charge in [0.25, 0.3) is 0 Å². The van der Waals surface area contributed by atoms with E-state index in [4.69, 9.17) is 0 Å². The van der Waals surface area contributed by atoms with Crippen molar-refractivity contribution in [1.82, 2.24) is 0 Å². The normalized spacial score (nSPS) is 18.9. The fourth-order valence-electron chi connectivity index (χ4n) is 5.54. The van der Waals surface area contributed by atoms with Crippen molar-refractivity contribution in [3.63, 3.8) is 0 Å². The van der Waals surface area contributed by atoms with Crippen LogP contribution in [0.2, 0.25) is 0 Å². The molecule has 2 aromatic rings. The monoisotopic (exact) mass is 418 g/mol. The number of aryl methyl sites for hydroxylation is 4. The Morgan fingerprint density at radius 2 is 1.23 bits per heavy atom. The van der Waals surface area contributed by atoms with E-state index in [1.165, 1.54) is 99.3 Å². The van der Waals surface area contributed by atoms with Crippen molar-refractivity contribution in [2.75, 3.05) is 0 Å². The summed E-state index contributed by atoms with van der Waals surface area (Å²) in [4.78, 5) is 0. The summed E-state index contributed by atoms with van der Waals surface area (Å²) < 4.78 is 0. The lowest BCUT2D eigenvalue weighted by molar-refractivity contribution is 0.302. The maximum absolute atomic E-state index is 2.47. The Morgan fingerprint density at radius 3 is 1.87 bits per heavy atom. The molecular weight excluding hydrogens is 372 g/mol. The Bertz CT molecular complexity index is 746. The van der Waals surface area contributed by atoms with Gasteiger partial charge in [-0.2, -0.15) is 0 Å². The molecule has 0 unspecified atom stereocenters. The minimum Gasteiger partial charge on any atom is -0.0654 e. The summed E-state index contributed by atoms with van der Waals surface area (Å²) in [6.07, 6.45) is 18.9. The molecule has 1 fully saturated rings. The van der Waals surface area contributed by atoms with Crippen LogP contribution in [0.3, 0.4) is 0 Å². The predicted octanol–water partition coefficient (Wildman–Crippen LogP) is 9.37. The second kappa shape index (κ2) is 13.1. The number of unbranched alkanes of at least 4 members (excludes halogenated alkanes) is 4. The van der Waals surface area contributed by atoms with Gasteiger partial charge in [0.15, 0.2) is 0 Å². The summed E-state index contributed by atoms with van der Waals surface area (Å²) >= 11 is 0. The van der Waals surface area contributed by atoms with Crippen LogP contribution in [0.1, 0.15) is 118 Å². The lowest BCUT2D eigenvalue weighted by atomic mass is 9.76. The average molecular weight is 419 g/mol. The van der Waals surface area contributed by atoms with Crippen LogP contribution in [0.5, 0.6) is 0 Å². The molecule has 0 N–H and O–H groups in total. The lowest BCUT2D eigenvalue weighted by Gasteiger charge is -2.30. The van der Waals surface area contributed by atoms with E-state index in [0.29, 0.717) is 0 Å². The van der Waals surface area contributed by atoms with Crippen LogP contribution in [0.25, 0.3) is 0 Å². The van der Waals surface area contributed by atoms with Crippen molar-refractivity contribution < 1.29 is 0 Å². The minimum atomic E-state index is 0.803. The van der Waals surface area contributed by atoms with Crippen LogP contribution in [0.15, 0.2) is 42.5 Å². The van der Waals surface area contributed by atoms with E-state index in [-0.39, 0.29) is 0 Å². The van der Waals surface area contributed by atoms with Gasteiger partial charge in [-0.1, -0.05) is 94.8 Å². The third-order valence-electron chi connectivity index (χ3n) is 7.63. The highest BCUT2D eigenvalue weighted by atomic mass is 14.3. The van der Waals surface area contributed by atoms with Crippen LogP contribution in [-0.4, -0.2) is 0 Å². The molecule has 1 saturated carbocycles. The quantitative estimate of drug-likeness (QED) is 0.301. The van der Waals surface area contributed by atoms with Crippen molar-refractivity contribution in [3.8, 4) is 0 Å². The van der Waals surface area contributed by atoms with Crippen LogP contribution in [-0.2, 0) is 19.3 Å². The van der Waals surface area contributed by atoms with Crippen LogP contribution >= 0.6 is 0 Å². The molecule has 0 radical (unpaired) electrons. The standard InChI is InChI=1S/C31H46/c1-4-6-8-10-26-12-14-28(15-13-26)16-17-29-20-23-31(25(3)24-29)30-21-18-27(19-22-30)11-9-7-5-2/h12-15,20,23-24,27,30H,4-11,16-19,21-22H2,1-3H3/t27-,30-. The smallest absolute Gasteiger partial charge is 0.0159 e. The zero-order valence-electron chi connectivity index (χ0n) is 20.6. The Hall–Kier alpha value is -1.56. The molecule has 1 aliphatic rings. The molecule has 31 heavy (non-hydrogen) atoms. The first kappa shape index (κ1) is 24.1. The Labute approximate surface area is 192 Å². The number of hydrogen-bond acceptors (Lipinski definition) is 0. The summed E-state index contributed by atoms with van der Waals surface area (Å²) in [5, 5.41) is 0. The largest absolute Gasteiger partial charge is 0.0654 e. The fourth-order valence-corrected chi connectivity index (χ4v) is 5.54. The molecule has 3 rings (SSSR count). The van der Waals surface area contributed by atoms with Crippen molar-refractivity contribution >= 4 is 0 Å². The zero-order chi connectivity index (χ0) is 21.9. The molecule has 2 aromatic carbocycles. The van der Waals surface area contributed by atoms with Crippen molar-refractivity contribution in [1.29, 1.82) is 0 Å². The SMILES string of the molecule is CCCCCc1ccc(CCc2ccc([C@H]3CC[C@H](CCCCC)CC3)c(C)c2)cc1. The van der Waals surface area contributed by atoms with Crippen molar-refractivity contribution in [2.24, 2.45) is 5.92 Å². The summed E-state index contributed by atoms with van der Waals surface area (Å²) in [5.74, 6) is 1.80. The van der Waals surface area contributed by atoms with Gasteiger partial charge in [0, 0.05) is 0 Å². The van der Waals surface area contributed by atoms with E-state index in [2.05, 4.69) is 63.2 Å². The molecule has 0 atom stereocenters. The maximum Gasteiger partial charge on any atom is -0.0159 e. The van der Waals surface area contributed by atoms with E-state index in [0.717, 1.165) is 24.7 Å². The molecule has 170 valence electrons. The van der Waals surface area contributed by atoms with Gasteiger partial charge in [-0.15, -0.1) is 0 Å². The van der Waals surface area contributed by atoms with Crippen LogP contribution in [0, 0.1) is 12.8 Å². The number of hydrogen-bond donors (Lipinski definition) is 0. The Morgan fingerprint density at radius 1 is 0.645 bits per heavy atom. The van der Waals surface area contributed by atoms with Crippen molar-refractivity contribution in [3.05, 3.63) is 70.3 Å². The Balaban J connectivity index is 1.46. The molecule has 1 aliphatic carbocycles. The third kappa shape index (κ3) is 7.81. The predicted molar refractivity (Wildman–Crippen MR) is 137 cm³/mol. The molecule has 0 heterocycles. The first-order valence-electron chi connectivity index (χ1n) is 13.4. The van der Waals surface area contributed by atoms with E-state index in [1.807, 2.05) is 0 Å². The molecule has 0 aliphatic heterocycles. The van der Waals surface area contributed by atoms with Gasteiger partial charge in [0.1, 0.15) is 0 Å². The lowest BCUT2D eigenvalue weighted by Crippen LogP contribution is -2.14. The molecule has 0 aromatic heterocycles. The summed E-state index contributed by atoms with van der Waals surface area (Å²) in [5.41, 5.74) is 7.63. The van der Waals surface area contributed by atoms with Gasteiger partial charge in [-0.25, -0.2) is 0 Å². The van der Waals surface area contributed by atoms with Gasteiger partial charge >= 0.3 is 0 Å². The van der Waals surface area contributed by atoms with Gasteiger partial charge in [0.05, 0.1) is 0 Å². The second-order valence-electron chi connectivity index (χ2n) is 10.2. The molecule has 0 bridgehead atoms. The van der Waals surface area contributed by atoms with Gasteiger partial charge in [-0.05, 0) is 97.9 Å². The first-order valence-corrected chi connectivity index (χ1v) is 13.4. The molecule has 0 spiro atoms. The highest BCUT2D eigenvalue weighted by molar-refractivity contribution is 5.34. The van der Waals surface area contributed by atoms with E-state index in [1.54, 1.807) is 5.56 Å². The first-order chi connectivity index (χ1) is 15.2.